The number of hydrogen-bond donors (Lipinski definition) is 1. The second-order valence-electron chi connectivity index (χ2n) is 8.85. The molecule has 0 radical (unpaired) electrons. The van der Waals surface area contributed by atoms with Gasteiger partial charge in [0, 0.05) is 25.2 Å². The Hall–Kier alpha value is -3.15. The van der Waals surface area contributed by atoms with Gasteiger partial charge in [0.2, 0.25) is 11.8 Å². The monoisotopic (exact) mass is 433 g/mol. The smallest absolute Gasteiger partial charge is 0.254 e. The van der Waals surface area contributed by atoms with Gasteiger partial charge in [-0.05, 0) is 68.4 Å². The molecule has 2 fully saturated rings. The fourth-order valence-electron chi connectivity index (χ4n) is 4.70. The molecule has 6 nitrogen and oxygen atoms in total. The predicted octanol–water partition coefficient (Wildman–Crippen LogP) is 3.22. The normalized spacial score (nSPS) is 20.4. The van der Waals surface area contributed by atoms with E-state index in [0.29, 0.717) is 38.0 Å². The molecule has 4 rings (SSSR count). The first-order chi connectivity index (χ1) is 15.5. The lowest BCUT2D eigenvalue weighted by molar-refractivity contribution is -0.141. The third kappa shape index (κ3) is 4.54. The zero-order chi connectivity index (χ0) is 22.7. The molecule has 2 aliphatic rings. The molecular formula is C26H31N3O3. The molecule has 1 N–H and O–H groups in total. The van der Waals surface area contributed by atoms with E-state index < -0.39 is 12.1 Å². The highest BCUT2D eigenvalue weighted by Crippen LogP contribution is 2.27. The van der Waals surface area contributed by atoms with Crippen molar-refractivity contribution in [1.82, 2.24) is 15.1 Å². The van der Waals surface area contributed by atoms with E-state index in [-0.39, 0.29) is 17.7 Å². The summed E-state index contributed by atoms with van der Waals surface area (Å²) in [5.41, 5.74) is 3.84. The lowest BCUT2D eigenvalue weighted by Crippen LogP contribution is -2.52. The largest absolute Gasteiger partial charge is 0.350 e. The van der Waals surface area contributed by atoms with Gasteiger partial charge < -0.3 is 15.1 Å². The lowest BCUT2D eigenvalue weighted by atomic mass is 10.0. The Bertz CT molecular complexity index is 1000. The Balaban J connectivity index is 1.44. The van der Waals surface area contributed by atoms with Crippen LogP contribution in [0.3, 0.4) is 0 Å². The zero-order valence-electron chi connectivity index (χ0n) is 18.8. The topological polar surface area (TPSA) is 69.7 Å². The van der Waals surface area contributed by atoms with Crippen LogP contribution in [0.15, 0.2) is 48.5 Å². The molecule has 2 aromatic rings. The molecule has 2 aliphatic heterocycles. The summed E-state index contributed by atoms with van der Waals surface area (Å²) in [6.07, 6.45) is 2.90. The van der Waals surface area contributed by atoms with Gasteiger partial charge in [0.15, 0.2) is 0 Å². The van der Waals surface area contributed by atoms with Crippen molar-refractivity contribution in [2.45, 2.75) is 58.2 Å². The standard InChI is InChI=1S/C26H31N3O3/c1-18-12-13-21(16-19(18)2)25(31)29-15-7-11-23(29)26(32)28-14-6-10-22(28)24(30)27-17-20-8-4-3-5-9-20/h3-5,8-9,12-13,16,22-23H,6-7,10-11,14-15,17H2,1-2H3,(H,27,30)/t22-,23-/m1/s1. The molecule has 6 heteroatoms. The average molecular weight is 434 g/mol. The number of aryl methyl sites for hydroxylation is 2. The van der Waals surface area contributed by atoms with Gasteiger partial charge in [-0.25, -0.2) is 0 Å². The van der Waals surface area contributed by atoms with Crippen molar-refractivity contribution in [1.29, 1.82) is 0 Å². The van der Waals surface area contributed by atoms with Crippen LogP contribution in [0.4, 0.5) is 0 Å². The van der Waals surface area contributed by atoms with Gasteiger partial charge in [-0.3, -0.25) is 14.4 Å². The number of hydrogen-bond acceptors (Lipinski definition) is 3. The number of likely N-dealkylation sites (tertiary alicyclic amines) is 2. The van der Waals surface area contributed by atoms with Crippen molar-refractivity contribution in [3.8, 4) is 0 Å². The lowest BCUT2D eigenvalue weighted by Gasteiger charge is -2.31. The van der Waals surface area contributed by atoms with E-state index in [1.165, 1.54) is 0 Å². The maximum absolute atomic E-state index is 13.5. The number of rotatable bonds is 5. The molecule has 32 heavy (non-hydrogen) atoms. The van der Waals surface area contributed by atoms with Gasteiger partial charge in [-0.2, -0.15) is 0 Å². The quantitative estimate of drug-likeness (QED) is 0.787. The van der Waals surface area contributed by atoms with Crippen molar-refractivity contribution in [2.75, 3.05) is 13.1 Å². The van der Waals surface area contributed by atoms with E-state index in [4.69, 9.17) is 0 Å². The van der Waals surface area contributed by atoms with Gasteiger partial charge in [0.25, 0.3) is 5.91 Å². The molecule has 168 valence electrons. The average Bonchev–Trinajstić information content (AvgIpc) is 3.49. The summed E-state index contributed by atoms with van der Waals surface area (Å²) in [7, 11) is 0. The Kier molecular flexibility index (Phi) is 6.58. The highest BCUT2D eigenvalue weighted by atomic mass is 16.2. The van der Waals surface area contributed by atoms with Crippen LogP contribution in [0.2, 0.25) is 0 Å². The highest BCUT2D eigenvalue weighted by molar-refractivity contribution is 5.99. The first-order valence-electron chi connectivity index (χ1n) is 11.5. The number of carbonyl (C=O) groups excluding carboxylic acids is 3. The van der Waals surface area contributed by atoms with Crippen LogP contribution in [-0.2, 0) is 16.1 Å². The van der Waals surface area contributed by atoms with Gasteiger partial charge >= 0.3 is 0 Å². The van der Waals surface area contributed by atoms with Crippen LogP contribution in [0.1, 0.15) is 52.7 Å². The van der Waals surface area contributed by atoms with Crippen LogP contribution in [0.25, 0.3) is 0 Å². The molecule has 0 aliphatic carbocycles. The fourth-order valence-corrected chi connectivity index (χ4v) is 4.70. The molecule has 0 unspecified atom stereocenters. The Morgan fingerprint density at radius 1 is 0.875 bits per heavy atom. The van der Waals surface area contributed by atoms with Crippen LogP contribution < -0.4 is 5.32 Å². The Labute approximate surface area is 189 Å². The summed E-state index contributed by atoms with van der Waals surface area (Å²) < 4.78 is 0. The number of benzene rings is 2. The first-order valence-corrected chi connectivity index (χ1v) is 11.5. The number of nitrogens with one attached hydrogen (secondary N) is 1. The highest BCUT2D eigenvalue weighted by Gasteiger charge is 2.42. The second kappa shape index (κ2) is 9.55. The summed E-state index contributed by atoms with van der Waals surface area (Å²) in [6.45, 7) is 5.58. The summed E-state index contributed by atoms with van der Waals surface area (Å²) in [5, 5.41) is 2.97. The van der Waals surface area contributed by atoms with E-state index >= 15 is 0 Å². The molecule has 0 saturated carbocycles. The van der Waals surface area contributed by atoms with Crippen LogP contribution in [0.5, 0.6) is 0 Å². The van der Waals surface area contributed by atoms with E-state index in [0.717, 1.165) is 29.5 Å². The molecular weight excluding hydrogens is 402 g/mol. The zero-order valence-corrected chi connectivity index (χ0v) is 18.8. The van der Waals surface area contributed by atoms with Crippen LogP contribution in [-0.4, -0.2) is 52.7 Å². The van der Waals surface area contributed by atoms with Crippen LogP contribution in [0, 0.1) is 13.8 Å². The van der Waals surface area contributed by atoms with Gasteiger partial charge in [0.05, 0.1) is 0 Å². The minimum Gasteiger partial charge on any atom is -0.350 e. The molecule has 0 aromatic heterocycles. The number of nitrogens with zero attached hydrogens (tertiary/aromatic N) is 2. The van der Waals surface area contributed by atoms with Crippen molar-refractivity contribution in [3.05, 3.63) is 70.8 Å². The van der Waals surface area contributed by atoms with Crippen LogP contribution >= 0.6 is 0 Å². The van der Waals surface area contributed by atoms with Gasteiger partial charge in [-0.1, -0.05) is 36.4 Å². The predicted molar refractivity (Wildman–Crippen MR) is 123 cm³/mol. The Morgan fingerprint density at radius 3 is 2.28 bits per heavy atom. The number of carbonyl (C=O) groups is 3. The summed E-state index contributed by atoms with van der Waals surface area (Å²) in [6, 6.07) is 14.5. The van der Waals surface area contributed by atoms with Gasteiger partial charge in [-0.15, -0.1) is 0 Å². The fraction of sp³-hybridized carbons (Fsp3) is 0.423. The van der Waals surface area contributed by atoms with E-state index in [2.05, 4.69) is 5.32 Å². The van der Waals surface area contributed by atoms with Gasteiger partial charge in [0.1, 0.15) is 12.1 Å². The summed E-state index contributed by atoms with van der Waals surface area (Å²) in [5.74, 6) is -0.324. The van der Waals surface area contributed by atoms with E-state index in [9.17, 15) is 14.4 Å². The van der Waals surface area contributed by atoms with Crippen molar-refractivity contribution < 1.29 is 14.4 Å². The first kappa shape index (κ1) is 22.1. The maximum atomic E-state index is 13.5. The minimum absolute atomic E-state index is 0.1000. The summed E-state index contributed by atoms with van der Waals surface area (Å²) >= 11 is 0. The molecule has 2 saturated heterocycles. The summed E-state index contributed by atoms with van der Waals surface area (Å²) in [4.78, 5) is 42.9. The third-order valence-electron chi connectivity index (χ3n) is 6.70. The van der Waals surface area contributed by atoms with Crippen molar-refractivity contribution in [2.24, 2.45) is 0 Å². The number of amides is 3. The molecule has 0 spiro atoms. The minimum atomic E-state index is -0.494. The SMILES string of the molecule is Cc1ccc(C(=O)N2CCC[C@@H]2C(=O)N2CCC[C@@H]2C(=O)NCc2ccccc2)cc1C. The molecule has 2 atom stereocenters. The van der Waals surface area contributed by atoms with Crippen molar-refractivity contribution in [3.63, 3.8) is 0 Å². The molecule has 2 heterocycles. The maximum Gasteiger partial charge on any atom is 0.254 e. The molecule has 2 aromatic carbocycles. The second-order valence-corrected chi connectivity index (χ2v) is 8.85. The Morgan fingerprint density at radius 2 is 1.56 bits per heavy atom. The van der Waals surface area contributed by atoms with Crippen molar-refractivity contribution >= 4 is 17.7 Å². The molecule has 3 amide bonds. The third-order valence-corrected chi connectivity index (χ3v) is 6.70. The van der Waals surface area contributed by atoms with E-state index in [1.807, 2.05) is 62.4 Å². The molecule has 0 bridgehead atoms. The van der Waals surface area contributed by atoms with E-state index in [1.54, 1.807) is 9.80 Å².